The second-order valence-electron chi connectivity index (χ2n) is 2.54. The van der Waals surface area contributed by atoms with E-state index in [1.807, 2.05) is 24.2 Å². The zero-order valence-corrected chi connectivity index (χ0v) is 8.40. The van der Waals surface area contributed by atoms with Gasteiger partial charge < -0.3 is 0 Å². The Hall–Kier alpha value is -0.570. The van der Waals surface area contributed by atoms with E-state index in [2.05, 4.69) is 23.8 Å². The molecule has 0 amide bonds. The molecule has 0 N–H and O–H groups in total. The summed E-state index contributed by atoms with van der Waals surface area (Å²) in [5, 5.41) is 0. The fourth-order valence-corrected chi connectivity index (χ4v) is 1.51. The third kappa shape index (κ3) is 2.81. The summed E-state index contributed by atoms with van der Waals surface area (Å²) in [6.07, 6.45) is 5.93. The van der Waals surface area contributed by atoms with Crippen molar-refractivity contribution >= 4 is 11.8 Å². The second kappa shape index (κ2) is 5.14. The van der Waals surface area contributed by atoms with Crippen LogP contribution in [0.3, 0.4) is 0 Å². The van der Waals surface area contributed by atoms with Gasteiger partial charge in [-0.3, -0.25) is 0 Å². The van der Waals surface area contributed by atoms with Crippen LogP contribution in [0, 0.1) is 0 Å². The smallest absolute Gasteiger partial charge is 0.128 e. The summed E-state index contributed by atoms with van der Waals surface area (Å²) in [4.78, 5) is 9.61. The van der Waals surface area contributed by atoms with Crippen molar-refractivity contribution in [3.8, 4) is 0 Å². The van der Waals surface area contributed by atoms with Crippen LogP contribution in [-0.4, -0.2) is 15.7 Å². The van der Waals surface area contributed by atoms with E-state index >= 15 is 0 Å². The zero-order chi connectivity index (χ0) is 8.81. The second-order valence-corrected chi connectivity index (χ2v) is 3.71. The van der Waals surface area contributed by atoms with Crippen molar-refractivity contribution in [3.05, 3.63) is 18.2 Å². The van der Waals surface area contributed by atoms with Gasteiger partial charge in [0.15, 0.2) is 0 Å². The van der Waals surface area contributed by atoms with Gasteiger partial charge in [-0.15, -0.1) is 11.8 Å². The molecule has 1 rings (SSSR count). The molecule has 0 aromatic carbocycles. The minimum atomic E-state index is 0.915. The SMILES string of the molecule is CCCSc1cnc(CC)nc1. The van der Waals surface area contributed by atoms with Gasteiger partial charge >= 0.3 is 0 Å². The Morgan fingerprint density at radius 1 is 1.25 bits per heavy atom. The Labute approximate surface area is 77.8 Å². The summed E-state index contributed by atoms with van der Waals surface area (Å²) in [6.45, 7) is 4.24. The number of hydrogen-bond donors (Lipinski definition) is 0. The standard InChI is InChI=1S/C9H14N2S/c1-3-5-12-8-6-10-9(4-2)11-7-8/h6-7H,3-5H2,1-2H3. The van der Waals surface area contributed by atoms with E-state index in [1.54, 1.807) is 0 Å². The molecule has 0 fully saturated rings. The quantitative estimate of drug-likeness (QED) is 0.669. The first-order valence-electron chi connectivity index (χ1n) is 4.30. The fraction of sp³-hybridized carbons (Fsp3) is 0.556. The number of hydrogen-bond acceptors (Lipinski definition) is 3. The molecule has 0 saturated heterocycles. The van der Waals surface area contributed by atoms with E-state index < -0.39 is 0 Å². The average Bonchev–Trinajstić information content (AvgIpc) is 2.15. The van der Waals surface area contributed by atoms with Gasteiger partial charge in [0.05, 0.1) is 0 Å². The molecule has 66 valence electrons. The van der Waals surface area contributed by atoms with Gasteiger partial charge in [0.25, 0.3) is 0 Å². The largest absolute Gasteiger partial charge is 0.240 e. The molecule has 1 aromatic rings. The van der Waals surface area contributed by atoms with Crippen LogP contribution in [0.5, 0.6) is 0 Å². The number of aromatic nitrogens is 2. The Morgan fingerprint density at radius 3 is 2.42 bits per heavy atom. The van der Waals surface area contributed by atoms with Crippen LogP contribution in [0.1, 0.15) is 26.1 Å². The van der Waals surface area contributed by atoms with Gasteiger partial charge in [-0.25, -0.2) is 9.97 Å². The summed E-state index contributed by atoms with van der Waals surface area (Å²) in [5.41, 5.74) is 0. The molecule has 1 aromatic heterocycles. The lowest BCUT2D eigenvalue weighted by atomic mass is 10.4. The third-order valence-corrected chi connectivity index (χ3v) is 2.63. The molecule has 0 aliphatic rings. The number of rotatable bonds is 4. The van der Waals surface area contributed by atoms with Gasteiger partial charge in [0.1, 0.15) is 5.82 Å². The molecule has 2 nitrogen and oxygen atoms in total. The molecule has 12 heavy (non-hydrogen) atoms. The highest BCUT2D eigenvalue weighted by Gasteiger charge is 1.94. The predicted octanol–water partition coefficient (Wildman–Crippen LogP) is 2.54. The van der Waals surface area contributed by atoms with E-state index in [0.29, 0.717) is 0 Å². The van der Waals surface area contributed by atoms with Crippen molar-refractivity contribution in [2.75, 3.05) is 5.75 Å². The summed E-state index contributed by atoms with van der Waals surface area (Å²) in [7, 11) is 0. The summed E-state index contributed by atoms with van der Waals surface area (Å²) in [5.74, 6) is 2.07. The molecule has 0 aliphatic carbocycles. The molecule has 1 heterocycles. The topological polar surface area (TPSA) is 25.8 Å². The van der Waals surface area contributed by atoms with Crippen molar-refractivity contribution in [2.45, 2.75) is 31.6 Å². The Balaban J connectivity index is 2.53. The average molecular weight is 182 g/mol. The highest BCUT2D eigenvalue weighted by Crippen LogP contribution is 2.15. The predicted molar refractivity (Wildman–Crippen MR) is 52.4 cm³/mol. The van der Waals surface area contributed by atoms with Crippen LogP contribution < -0.4 is 0 Å². The summed E-state index contributed by atoms with van der Waals surface area (Å²) < 4.78 is 0. The Kier molecular flexibility index (Phi) is 4.08. The van der Waals surface area contributed by atoms with E-state index in [1.165, 1.54) is 11.3 Å². The third-order valence-electron chi connectivity index (χ3n) is 1.47. The lowest BCUT2D eigenvalue weighted by Gasteiger charge is -1.98. The van der Waals surface area contributed by atoms with E-state index in [9.17, 15) is 0 Å². The van der Waals surface area contributed by atoms with Crippen LogP contribution >= 0.6 is 11.8 Å². The molecular formula is C9H14N2S. The summed E-state index contributed by atoms with van der Waals surface area (Å²) in [6, 6.07) is 0. The molecule has 3 heteroatoms. The van der Waals surface area contributed by atoms with Crippen LogP contribution in [0.2, 0.25) is 0 Å². The monoisotopic (exact) mass is 182 g/mol. The highest BCUT2D eigenvalue weighted by molar-refractivity contribution is 7.99. The lowest BCUT2D eigenvalue weighted by molar-refractivity contribution is 0.915. The number of aryl methyl sites for hydroxylation is 1. The van der Waals surface area contributed by atoms with Gasteiger partial charge in [-0.05, 0) is 12.2 Å². The molecule has 0 aliphatic heterocycles. The molecule has 0 spiro atoms. The maximum atomic E-state index is 4.22. The van der Waals surface area contributed by atoms with Crippen molar-refractivity contribution in [1.29, 1.82) is 0 Å². The normalized spacial score (nSPS) is 10.2. The lowest BCUT2D eigenvalue weighted by Crippen LogP contribution is -1.91. The summed E-state index contributed by atoms with van der Waals surface area (Å²) >= 11 is 1.81. The maximum absolute atomic E-state index is 4.22. The first-order chi connectivity index (χ1) is 5.86. The minimum absolute atomic E-state index is 0.915. The first kappa shape index (κ1) is 9.52. The molecule has 0 unspecified atom stereocenters. The highest BCUT2D eigenvalue weighted by atomic mass is 32.2. The van der Waals surface area contributed by atoms with Crippen molar-refractivity contribution in [3.63, 3.8) is 0 Å². The van der Waals surface area contributed by atoms with Crippen molar-refractivity contribution in [1.82, 2.24) is 9.97 Å². The zero-order valence-electron chi connectivity index (χ0n) is 7.58. The van der Waals surface area contributed by atoms with Crippen molar-refractivity contribution < 1.29 is 0 Å². The van der Waals surface area contributed by atoms with Gasteiger partial charge in [-0.1, -0.05) is 13.8 Å². The number of nitrogens with zero attached hydrogens (tertiary/aromatic N) is 2. The molecule has 0 bridgehead atoms. The van der Waals surface area contributed by atoms with Crippen LogP contribution in [0.15, 0.2) is 17.3 Å². The first-order valence-corrected chi connectivity index (χ1v) is 5.29. The molecule has 0 radical (unpaired) electrons. The van der Waals surface area contributed by atoms with E-state index in [4.69, 9.17) is 0 Å². The minimum Gasteiger partial charge on any atom is -0.240 e. The van der Waals surface area contributed by atoms with E-state index in [0.717, 1.165) is 18.0 Å². The van der Waals surface area contributed by atoms with Gasteiger partial charge in [0, 0.05) is 23.7 Å². The van der Waals surface area contributed by atoms with Gasteiger partial charge in [-0.2, -0.15) is 0 Å². The molecule has 0 atom stereocenters. The Morgan fingerprint density at radius 2 is 1.92 bits per heavy atom. The molecular weight excluding hydrogens is 168 g/mol. The fourth-order valence-electron chi connectivity index (χ4n) is 0.820. The van der Waals surface area contributed by atoms with Crippen molar-refractivity contribution in [2.24, 2.45) is 0 Å². The Bertz CT molecular complexity index is 220. The van der Waals surface area contributed by atoms with E-state index in [-0.39, 0.29) is 0 Å². The maximum Gasteiger partial charge on any atom is 0.128 e. The number of thioether (sulfide) groups is 1. The van der Waals surface area contributed by atoms with Crippen LogP contribution in [-0.2, 0) is 6.42 Å². The van der Waals surface area contributed by atoms with Gasteiger partial charge in [0.2, 0.25) is 0 Å². The van der Waals surface area contributed by atoms with Crippen LogP contribution in [0.4, 0.5) is 0 Å². The van der Waals surface area contributed by atoms with Crippen LogP contribution in [0.25, 0.3) is 0 Å². The molecule has 0 saturated carbocycles.